The highest BCUT2D eigenvalue weighted by Crippen LogP contribution is 2.25. The Bertz CT molecular complexity index is 639. The number of aliphatic hydroxyl groups excluding tert-OH is 1. The molecule has 0 aliphatic rings. The van der Waals surface area contributed by atoms with Gasteiger partial charge in [-0.25, -0.2) is 0 Å². The van der Waals surface area contributed by atoms with E-state index in [2.05, 4.69) is 24.4 Å². The number of aliphatic hydroxyl groups is 1. The van der Waals surface area contributed by atoms with Crippen LogP contribution in [0.5, 0.6) is 5.75 Å². The van der Waals surface area contributed by atoms with E-state index in [9.17, 15) is 9.90 Å². The van der Waals surface area contributed by atoms with E-state index in [0.717, 1.165) is 42.2 Å². The largest absolute Gasteiger partial charge is 0.490 e. The Morgan fingerprint density at radius 2 is 1.92 bits per heavy atom. The van der Waals surface area contributed by atoms with Crippen LogP contribution < -0.4 is 10.1 Å². The van der Waals surface area contributed by atoms with Crippen molar-refractivity contribution in [2.75, 3.05) is 13.2 Å². The predicted octanol–water partition coefficient (Wildman–Crippen LogP) is 3.62. The lowest BCUT2D eigenvalue weighted by atomic mass is 10.1. The van der Waals surface area contributed by atoms with Crippen molar-refractivity contribution in [3.8, 4) is 5.75 Å². The molecule has 2 unspecified atom stereocenters. The number of rotatable bonds is 12. The van der Waals surface area contributed by atoms with Crippen molar-refractivity contribution in [3.05, 3.63) is 42.5 Å². The summed E-state index contributed by atoms with van der Waals surface area (Å²) in [4.78, 5) is 10.1. The highest BCUT2D eigenvalue weighted by atomic mass is 16.5. The summed E-state index contributed by atoms with van der Waals surface area (Å²) in [6.45, 7) is 2.89. The van der Waals surface area contributed by atoms with Crippen LogP contribution in [-0.4, -0.2) is 36.7 Å². The van der Waals surface area contributed by atoms with Crippen molar-refractivity contribution in [1.29, 1.82) is 0 Å². The zero-order valence-electron chi connectivity index (χ0n) is 14.9. The van der Waals surface area contributed by atoms with Crippen LogP contribution in [0, 0.1) is 0 Å². The molecule has 0 fully saturated rings. The Hall–Kier alpha value is -1.91. The first-order valence-corrected chi connectivity index (χ1v) is 9.07. The fourth-order valence-electron chi connectivity index (χ4n) is 2.83. The maximum atomic E-state index is 10.1. The molecule has 2 aromatic rings. The van der Waals surface area contributed by atoms with E-state index in [1.54, 1.807) is 0 Å². The van der Waals surface area contributed by atoms with E-state index in [-0.39, 0.29) is 6.61 Å². The second-order valence-electron chi connectivity index (χ2n) is 6.50. The van der Waals surface area contributed by atoms with E-state index < -0.39 is 6.10 Å². The Balaban J connectivity index is 1.68. The first-order valence-electron chi connectivity index (χ1n) is 9.07. The second-order valence-corrected chi connectivity index (χ2v) is 6.50. The van der Waals surface area contributed by atoms with Gasteiger partial charge in [0.25, 0.3) is 0 Å². The van der Waals surface area contributed by atoms with Gasteiger partial charge >= 0.3 is 0 Å². The van der Waals surface area contributed by atoms with Gasteiger partial charge in [-0.2, -0.15) is 0 Å². The Morgan fingerprint density at radius 3 is 2.76 bits per heavy atom. The Kier molecular flexibility index (Phi) is 8.43. The van der Waals surface area contributed by atoms with Gasteiger partial charge in [0.05, 0.1) is 0 Å². The molecule has 4 heteroatoms. The normalized spacial score (nSPS) is 13.5. The average molecular weight is 342 g/mol. The topological polar surface area (TPSA) is 58.6 Å². The number of benzene rings is 2. The van der Waals surface area contributed by atoms with Crippen LogP contribution in [-0.2, 0) is 4.79 Å². The minimum absolute atomic E-state index is 0.267. The zero-order valence-corrected chi connectivity index (χ0v) is 14.9. The highest BCUT2D eigenvalue weighted by molar-refractivity contribution is 5.88. The molecule has 0 aliphatic carbocycles. The highest BCUT2D eigenvalue weighted by Gasteiger charge is 2.09. The van der Waals surface area contributed by atoms with Gasteiger partial charge in [0.2, 0.25) is 0 Å². The second kappa shape index (κ2) is 10.9. The molecule has 0 amide bonds. The molecule has 135 valence electrons. The van der Waals surface area contributed by atoms with Crippen LogP contribution >= 0.6 is 0 Å². The lowest BCUT2D eigenvalue weighted by molar-refractivity contribution is 0.104. The number of unbranched alkanes of at least 4 members (excludes halogenated alkanes) is 3. The van der Waals surface area contributed by atoms with E-state index in [1.807, 2.05) is 36.6 Å². The van der Waals surface area contributed by atoms with Gasteiger partial charge in [-0.1, -0.05) is 49.2 Å². The molecule has 2 rings (SSSR count). The molecule has 0 saturated carbocycles. The van der Waals surface area contributed by atoms with Crippen LogP contribution in [0.15, 0.2) is 42.5 Å². The summed E-state index contributed by atoms with van der Waals surface area (Å²) in [6, 6.07) is 14.4. The summed E-state index contributed by atoms with van der Waals surface area (Å²) in [7, 11) is 0. The molecule has 0 bridgehead atoms. The van der Waals surface area contributed by atoms with E-state index in [4.69, 9.17) is 4.74 Å². The number of hydrogen-bond acceptors (Lipinski definition) is 4. The smallest absolute Gasteiger partial charge is 0.198 e. The third-order valence-corrected chi connectivity index (χ3v) is 4.30. The maximum Gasteiger partial charge on any atom is 0.198 e. The van der Waals surface area contributed by atoms with Gasteiger partial charge in [-0.3, -0.25) is 4.79 Å². The SMILES string of the molecule is CC(CCCCC[C]=O)NCC(O)COc1cccc2ccccc12. The summed E-state index contributed by atoms with van der Waals surface area (Å²) >= 11 is 0. The van der Waals surface area contributed by atoms with Crippen molar-refractivity contribution in [2.24, 2.45) is 0 Å². The summed E-state index contributed by atoms with van der Waals surface area (Å²) in [5.74, 6) is 0.803. The molecule has 2 N–H and O–H groups in total. The van der Waals surface area contributed by atoms with Gasteiger partial charge in [0, 0.05) is 24.4 Å². The molecule has 0 heterocycles. The first-order chi connectivity index (χ1) is 12.2. The molecule has 0 aromatic heterocycles. The zero-order chi connectivity index (χ0) is 17.9. The first kappa shape index (κ1) is 19.4. The average Bonchev–Trinajstić information content (AvgIpc) is 2.64. The molecular formula is C21H28NO3. The van der Waals surface area contributed by atoms with Gasteiger partial charge in [-0.05, 0) is 31.2 Å². The van der Waals surface area contributed by atoms with Gasteiger partial charge in [-0.15, -0.1) is 0 Å². The molecule has 2 atom stereocenters. The van der Waals surface area contributed by atoms with Crippen molar-refractivity contribution in [2.45, 2.75) is 51.2 Å². The fraction of sp³-hybridized carbons (Fsp3) is 0.476. The quantitative estimate of drug-likeness (QED) is 0.579. The maximum absolute atomic E-state index is 10.1. The van der Waals surface area contributed by atoms with E-state index in [1.165, 1.54) is 0 Å². The minimum Gasteiger partial charge on any atom is -0.490 e. The van der Waals surface area contributed by atoms with Crippen LogP contribution in [0.3, 0.4) is 0 Å². The van der Waals surface area contributed by atoms with Gasteiger partial charge in [0.1, 0.15) is 18.5 Å². The van der Waals surface area contributed by atoms with Crippen molar-refractivity contribution in [1.82, 2.24) is 5.32 Å². The number of hydrogen-bond donors (Lipinski definition) is 2. The molecule has 0 spiro atoms. The summed E-state index contributed by atoms with van der Waals surface area (Å²) in [6.07, 6.45) is 5.99. The lowest BCUT2D eigenvalue weighted by Gasteiger charge is -2.18. The van der Waals surface area contributed by atoms with Crippen molar-refractivity contribution < 1.29 is 14.6 Å². The molecule has 0 aliphatic heterocycles. The van der Waals surface area contributed by atoms with Crippen molar-refractivity contribution in [3.63, 3.8) is 0 Å². The fourth-order valence-corrected chi connectivity index (χ4v) is 2.83. The minimum atomic E-state index is -0.550. The van der Waals surface area contributed by atoms with Gasteiger partial charge < -0.3 is 15.2 Å². The van der Waals surface area contributed by atoms with E-state index in [0.29, 0.717) is 19.0 Å². The number of ether oxygens (including phenoxy) is 1. The van der Waals surface area contributed by atoms with Crippen LogP contribution in [0.2, 0.25) is 0 Å². The van der Waals surface area contributed by atoms with Crippen molar-refractivity contribution >= 4 is 17.1 Å². The molecule has 4 nitrogen and oxygen atoms in total. The summed E-state index contributed by atoms with van der Waals surface area (Å²) in [5.41, 5.74) is 0. The molecule has 25 heavy (non-hydrogen) atoms. The van der Waals surface area contributed by atoms with Crippen LogP contribution in [0.4, 0.5) is 0 Å². The number of carbonyl (C=O) groups excluding carboxylic acids is 1. The Labute approximate surface area is 150 Å². The third kappa shape index (κ3) is 6.85. The monoisotopic (exact) mass is 342 g/mol. The molecule has 1 radical (unpaired) electrons. The lowest BCUT2D eigenvalue weighted by Crippen LogP contribution is -2.36. The molecule has 0 saturated heterocycles. The molecule has 2 aromatic carbocycles. The Morgan fingerprint density at radius 1 is 1.12 bits per heavy atom. The number of nitrogens with one attached hydrogen (secondary N) is 1. The van der Waals surface area contributed by atoms with Crippen LogP contribution in [0.25, 0.3) is 10.8 Å². The molecular weight excluding hydrogens is 314 g/mol. The summed E-state index contributed by atoms with van der Waals surface area (Å²) in [5, 5.41) is 15.7. The van der Waals surface area contributed by atoms with Gasteiger partial charge in [0.15, 0.2) is 6.29 Å². The summed E-state index contributed by atoms with van der Waals surface area (Å²) < 4.78 is 5.81. The predicted molar refractivity (Wildman–Crippen MR) is 102 cm³/mol. The third-order valence-electron chi connectivity index (χ3n) is 4.30. The van der Waals surface area contributed by atoms with E-state index >= 15 is 0 Å². The standard InChI is InChI=1S/C21H28NO3/c1-17(9-4-2-3-7-14-23)22-15-19(24)16-25-21-13-8-11-18-10-5-6-12-20(18)21/h5-6,8,10-13,17,19,22,24H,2-4,7,9,15-16H2,1H3. The van der Waals surface area contributed by atoms with Crippen LogP contribution in [0.1, 0.15) is 39.0 Å². The number of fused-ring (bicyclic) bond motifs is 1.